The van der Waals surface area contributed by atoms with Gasteiger partial charge in [0.15, 0.2) is 5.96 Å². The first-order chi connectivity index (χ1) is 14.5. The monoisotopic (exact) mass is 415 g/mol. The fourth-order valence-corrected chi connectivity index (χ4v) is 2.31. The third-order valence-corrected chi connectivity index (χ3v) is 3.88. The molecule has 0 fully saturated rings. The maximum atomic E-state index is 11.6. The van der Waals surface area contributed by atoms with Crippen LogP contribution in [-0.2, 0) is 9.63 Å². The van der Waals surface area contributed by atoms with E-state index in [1.165, 1.54) is 64.1 Å². The number of rotatable bonds is 13. The van der Waals surface area contributed by atoms with E-state index in [4.69, 9.17) is 21.7 Å². The number of carbonyl (C=O) groups excluding carboxylic acids is 1. The number of aliphatic imine (C=N–C) groups is 1. The van der Waals surface area contributed by atoms with Crippen molar-refractivity contribution in [1.29, 1.82) is 5.41 Å². The lowest BCUT2D eigenvalue weighted by molar-refractivity contribution is -0.162. The van der Waals surface area contributed by atoms with Gasteiger partial charge >= 0.3 is 5.97 Å². The third kappa shape index (κ3) is 18.3. The van der Waals surface area contributed by atoms with Crippen molar-refractivity contribution in [3.05, 3.63) is 60.8 Å². The minimum Gasteiger partial charge on any atom is -0.370 e. The lowest BCUT2D eigenvalue weighted by atomic mass is 10.1. The van der Waals surface area contributed by atoms with Gasteiger partial charge in [-0.05, 0) is 12.8 Å². The molecule has 0 heterocycles. The highest BCUT2D eigenvalue weighted by molar-refractivity contribution is 5.92. The molecule has 0 aliphatic carbocycles. The van der Waals surface area contributed by atoms with E-state index in [0.717, 1.165) is 11.5 Å². The molecule has 0 amide bonds. The van der Waals surface area contributed by atoms with Gasteiger partial charge in [0.1, 0.15) is 0 Å². The van der Waals surface area contributed by atoms with Gasteiger partial charge in [0, 0.05) is 13.1 Å². The second-order valence-corrected chi connectivity index (χ2v) is 6.62. The molecule has 7 nitrogen and oxygen atoms in total. The molecule has 0 rings (SSSR count). The van der Waals surface area contributed by atoms with E-state index in [0.29, 0.717) is 0 Å². The number of allylic oxidation sites excluding steroid dienone is 9. The molecule has 0 saturated carbocycles. The van der Waals surface area contributed by atoms with Gasteiger partial charge in [0.05, 0.1) is 0 Å². The van der Waals surface area contributed by atoms with Crippen molar-refractivity contribution >= 4 is 17.9 Å². The number of guanidine groups is 2. The molecule has 0 unspecified atom stereocenters. The number of hydrogen-bond donors (Lipinski definition) is 3. The fraction of sp³-hybridized carbons (Fsp3) is 0.435. The normalized spacial score (nSPS) is 11.9. The van der Waals surface area contributed by atoms with Gasteiger partial charge in [-0.3, -0.25) is 5.41 Å². The van der Waals surface area contributed by atoms with Gasteiger partial charge in [-0.1, -0.05) is 100 Å². The van der Waals surface area contributed by atoms with Gasteiger partial charge in [0.2, 0.25) is 0 Å². The maximum absolute atomic E-state index is 11.6. The molecule has 30 heavy (non-hydrogen) atoms. The first-order valence-corrected chi connectivity index (χ1v) is 10.4. The lowest BCUT2D eigenvalue weighted by Gasteiger charge is -2.14. The second kappa shape index (κ2) is 19.2. The summed E-state index contributed by atoms with van der Waals surface area (Å²) in [4.78, 5) is 19.9. The average Bonchev–Trinajstić information content (AvgIpc) is 2.69. The fourth-order valence-electron chi connectivity index (χ4n) is 2.31. The number of carbonyl (C=O) groups is 1. The Bertz CT molecular complexity index is 657. The molecule has 0 aromatic carbocycles. The van der Waals surface area contributed by atoms with Crippen molar-refractivity contribution in [3.63, 3.8) is 0 Å². The molecule has 5 N–H and O–H groups in total. The summed E-state index contributed by atoms with van der Waals surface area (Å²) in [5.41, 5.74) is 10.3. The van der Waals surface area contributed by atoms with Crippen LogP contribution >= 0.6 is 0 Å². The van der Waals surface area contributed by atoms with Crippen molar-refractivity contribution in [3.8, 4) is 0 Å². The Morgan fingerprint density at radius 1 is 0.900 bits per heavy atom. The number of nitrogens with zero attached hydrogens (tertiary/aromatic N) is 2. The Balaban J connectivity index is 3.90. The zero-order chi connectivity index (χ0) is 22.5. The molecular weight excluding hydrogens is 378 g/mol. The van der Waals surface area contributed by atoms with Crippen molar-refractivity contribution in [2.45, 2.75) is 58.3 Å². The SMILES string of the molecule is CCCCCCCCC/C=C/C=C/C=C/C=C/C=C/C(=O)ON(C)C(=N)N=C(N)N. The van der Waals surface area contributed by atoms with Crippen molar-refractivity contribution in [2.75, 3.05) is 7.05 Å². The van der Waals surface area contributed by atoms with Crippen LogP contribution in [0.2, 0.25) is 0 Å². The molecule has 0 saturated heterocycles. The molecule has 166 valence electrons. The zero-order valence-electron chi connectivity index (χ0n) is 18.3. The molecular formula is C23H37N5O2. The second-order valence-electron chi connectivity index (χ2n) is 6.62. The molecule has 0 aromatic heterocycles. The Hall–Kier alpha value is -3.09. The molecule has 0 aromatic rings. The predicted octanol–water partition coefficient (Wildman–Crippen LogP) is 4.51. The van der Waals surface area contributed by atoms with E-state index in [2.05, 4.69) is 24.1 Å². The first kappa shape index (κ1) is 26.9. The van der Waals surface area contributed by atoms with E-state index < -0.39 is 5.97 Å². The summed E-state index contributed by atoms with van der Waals surface area (Å²) in [7, 11) is 1.36. The van der Waals surface area contributed by atoms with Crippen LogP contribution in [0.25, 0.3) is 0 Å². The summed E-state index contributed by atoms with van der Waals surface area (Å²) >= 11 is 0. The lowest BCUT2D eigenvalue weighted by Crippen LogP contribution is -2.32. The van der Waals surface area contributed by atoms with Crippen molar-refractivity contribution in [1.82, 2.24) is 5.06 Å². The van der Waals surface area contributed by atoms with Crippen LogP contribution in [0.3, 0.4) is 0 Å². The molecule has 0 bridgehead atoms. The Morgan fingerprint density at radius 3 is 2.03 bits per heavy atom. The van der Waals surface area contributed by atoms with Gasteiger partial charge in [0.25, 0.3) is 5.96 Å². The number of hydroxylamine groups is 2. The molecule has 0 radical (unpaired) electrons. The van der Waals surface area contributed by atoms with Crippen LogP contribution in [0.5, 0.6) is 0 Å². The molecule has 0 aliphatic heterocycles. The van der Waals surface area contributed by atoms with E-state index in [-0.39, 0.29) is 11.9 Å². The van der Waals surface area contributed by atoms with Crippen LogP contribution < -0.4 is 11.5 Å². The van der Waals surface area contributed by atoms with Gasteiger partial charge in [-0.25, -0.2) is 4.79 Å². The Morgan fingerprint density at radius 2 is 1.43 bits per heavy atom. The summed E-state index contributed by atoms with van der Waals surface area (Å²) in [5.74, 6) is -1.31. The number of unbranched alkanes of at least 4 members (excludes halogenated alkanes) is 7. The third-order valence-electron chi connectivity index (χ3n) is 3.88. The van der Waals surface area contributed by atoms with E-state index >= 15 is 0 Å². The topological polar surface area (TPSA) is 118 Å². The van der Waals surface area contributed by atoms with E-state index in [1.54, 1.807) is 12.2 Å². The minimum atomic E-state index is -0.646. The largest absolute Gasteiger partial charge is 0.370 e. The van der Waals surface area contributed by atoms with Gasteiger partial charge < -0.3 is 16.3 Å². The van der Waals surface area contributed by atoms with Crippen LogP contribution in [-0.4, -0.2) is 30.0 Å². The molecule has 0 aliphatic rings. The van der Waals surface area contributed by atoms with Crippen LogP contribution in [0, 0.1) is 5.41 Å². The first-order valence-electron chi connectivity index (χ1n) is 10.4. The van der Waals surface area contributed by atoms with Crippen molar-refractivity contribution in [2.24, 2.45) is 16.5 Å². The maximum Gasteiger partial charge on any atom is 0.356 e. The Labute approximate surface area is 181 Å². The average molecular weight is 416 g/mol. The summed E-state index contributed by atoms with van der Waals surface area (Å²) < 4.78 is 0. The van der Waals surface area contributed by atoms with Crippen LogP contribution in [0.15, 0.2) is 65.8 Å². The molecule has 0 spiro atoms. The summed E-state index contributed by atoms with van der Waals surface area (Å²) in [5, 5.41) is 8.33. The zero-order valence-corrected chi connectivity index (χ0v) is 18.3. The minimum absolute atomic E-state index is 0.286. The standard InChI is InChI=1S/C23H37N5O2/c1-3-4-5-6-7-8-9-10-11-12-13-14-15-16-17-18-19-20-21(29)30-28(2)23(26)27-22(24)25/h11-20H,3-10H2,1-2H3,(H5,24,25,26,27)/b12-11+,14-13+,16-15+,18-17+,20-19+. The highest BCUT2D eigenvalue weighted by Crippen LogP contribution is 2.08. The van der Waals surface area contributed by atoms with E-state index in [9.17, 15) is 4.79 Å². The van der Waals surface area contributed by atoms with Crippen LogP contribution in [0.1, 0.15) is 58.3 Å². The van der Waals surface area contributed by atoms with Gasteiger partial charge in [-0.2, -0.15) is 10.1 Å². The number of hydrogen-bond acceptors (Lipinski definition) is 3. The smallest absolute Gasteiger partial charge is 0.356 e. The summed E-state index contributed by atoms with van der Waals surface area (Å²) in [6, 6.07) is 0. The highest BCUT2D eigenvalue weighted by Gasteiger charge is 2.07. The van der Waals surface area contributed by atoms with Crippen LogP contribution in [0.4, 0.5) is 0 Å². The van der Waals surface area contributed by atoms with Gasteiger partial charge in [-0.15, -0.1) is 0 Å². The number of nitrogens with two attached hydrogens (primary N) is 2. The summed E-state index contributed by atoms with van der Waals surface area (Å²) in [6.45, 7) is 2.24. The number of nitrogens with one attached hydrogen (secondary N) is 1. The highest BCUT2D eigenvalue weighted by atomic mass is 16.7. The predicted molar refractivity (Wildman–Crippen MR) is 126 cm³/mol. The molecule has 7 heteroatoms. The summed E-state index contributed by atoms with van der Waals surface area (Å²) in [6.07, 6.45) is 28.7. The van der Waals surface area contributed by atoms with Crippen molar-refractivity contribution < 1.29 is 9.63 Å². The quantitative estimate of drug-likeness (QED) is 0.102. The van der Waals surface area contributed by atoms with E-state index in [1.807, 2.05) is 24.3 Å². The Kier molecular flexibility index (Phi) is 17.3. The molecule has 0 atom stereocenters.